The van der Waals surface area contributed by atoms with Gasteiger partial charge in [-0.25, -0.2) is 13.7 Å². The van der Waals surface area contributed by atoms with Crippen LogP contribution in [0.2, 0.25) is 0 Å². The Bertz CT molecular complexity index is 574. The number of carbonyl (C=O) groups is 1. The van der Waals surface area contributed by atoms with Gasteiger partial charge in [-0.1, -0.05) is 26.0 Å². The van der Waals surface area contributed by atoms with Gasteiger partial charge in [0.25, 0.3) is 0 Å². The molecule has 0 aromatic heterocycles. The molecule has 0 amide bonds. The lowest BCUT2D eigenvalue weighted by Gasteiger charge is -2.25. The quantitative estimate of drug-likeness (QED) is 0.673. The van der Waals surface area contributed by atoms with Crippen LogP contribution in [-0.4, -0.2) is 21.0 Å². The molecule has 0 aliphatic heterocycles. The van der Waals surface area contributed by atoms with Crippen molar-refractivity contribution in [3.05, 3.63) is 35.4 Å². The van der Waals surface area contributed by atoms with E-state index in [-0.39, 0.29) is 22.9 Å². The molecule has 0 saturated heterocycles. The SMILES string of the molecule is CC(C)CC[C@@H](N[S@](=O)C(C)(C)C)c1ccc(C(=O)OC(C)C)cc1. The monoisotopic (exact) mass is 367 g/mol. The fourth-order valence-electron chi connectivity index (χ4n) is 2.23. The maximum atomic E-state index is 12.5. The van der Waals surface area contributed by atoms with E-state index in [4.69, 9.17) is 4.74 Å². The second-order valence-electron chi connectivity index (χ2n) is 8.10. The van der Waals surface area contributed by atoms with E-state index in [1.165, 1.54) is 0 Å². The molecule has 0 spiro atoms. The van der Waals surface area contributed by atoms with Crippen molar-refractivity contribution in [2.24, 2.45) is 5.92 Å². The van der Waals surface area contributed by atoms with Crippen molar-refractivity contribution in [2.75, 3.05) is 0 Å². The average molecular weight is 368 g/mol. The van der Waals surface area contributed by atoms with Crippen molar-refractivity contribution in [3.8, 4) is 0 Å². The molecule has 0 saturated carbocycles. The maximum absolute atomic E-state index is 12.5. The Morgan fingerprint density at radius 1 is 1.08 bits per heavy atom. The van der Waals surface area contributed by atoms with Gasteiger partial charge in [-0.05, 0) is 71.1 Å². The average Bonchev–Trinajstić information content (AvgIpc) is 2.49. The van der Waals surface area contributed by atoms with Gasteiger partial charge in [0.05, 0.1) is 27.4 Å². The standard InChI is InChI=1S/C20H33NO3S/c1-14(2)8-13-18(21-25(23)20(5,6)7)16-9-11-17(12-10-16)19(22)24-15(3)4/h9-12,14-15,18,21H,8,13H2,1-7H3/t18-,25-/m1/s1. The van der Waals surface area contributed by atoms with Crippen molar-refractivity contribution in [1.82, 2.24) is 4.72 Å². The summed E-state index contributed by atoms with van der Waals surface area (Å²) in [6.07, 6.45) is 1.80. The van der Waals surface area contributed by atoms with E-state index in [0.717, 1.165) is 18.4 Å². The number of esters is 1. The number of carbonyl (C=O) groups excluding carboxylic acids is 1. The molecule has 142 valence electrons. The second kappa shape index (κ2) is 9.48. The highest BCUT2D eigenvalue weighted by Gasteiger charge is 2.24. The summed E-state index contributed by atoms with van der Waals surface area (Å²) in [5.41, 5.74) is 1.58. The van der Waals surface area contributed by atoms with Gasteiger partial charge in [0.15, 0.2) is 0 Å². The van der Waals surface area contributed by atoms with Crippen LogP contribution in [0.25, 0.3) is 0 Å². The lowest BCUT2D eigenvalue weighted by atomic mass is 9.97. The molecule has 0 heterocycles. The number of benzene rings is 1. The van der Waals surface area contributed by atoms with E-state index in [2.05, 4.69) is 18.6 Å². The maximum Gasteiger partial charge on any atom is 0.338 e. The Kier molecular flexibility index (Phi) is 8.29. The molecule has 0 aliphatic rings. The fourth-order valence-corrected chi connectivity index (χ4v) is 3.10. The molecule has 1 rings (SSSR count). The van der Waals surface area contributed by atoms with Crippen LogP contribution in [0.15, 0.2) is 24.3 Å². The van der Waals surface area contributed by atoms with Crippen LogP contribution in [0.3, 0.4) is 0 Å². The van der Waals surface area contributed by atoms with E-state index in [9.17, 15) is 9.00 Å². The highest BCUT2D eigenvalue weighted by atomic mass is 32.2. The molecule has 25 heavy (non-hydrogen) atoms. The van der Waals surface area contributed by atoms with Gasteiger partial charge in [0.2, 0.25) is 0 Å². The van der Waals surface area contributed by atoms with Crippen molar-refractivity contribution in [2.45, 2.75) is 78.2 Å². The van der Waals surface area contributed by atoms with Crippen molar-refractivity contribution < 1.29 is 13.7 Å². The zero-order chi connectivity index (χ0) is 19.2. The molecule has 1 N–H and O–H groups in total. The van der Waals surface area contributed by atoms with Crippen LogP contribution in [0.4, 0.5) is 0 Å². The third kappa shape index (κ3) is 7.70. The minimum Gasteiger partial charge on any atom is -0.459 e. The molecule has 1 aromatic rings. The zero-order valence-electron chi connectivity index (χ0n) is 16.6. The Labute approximate surface area is 155 Å². The third-order valence-corrected chi connectivity index (χ3v) is 5.34. The number of hydrogen-bond donors (Lipinski definition) is 1. The summed E-state index contributed by atoms with van der Waals surface area (Å²) in [5.74, 6) is 0.263. The summed E-state index contributed by atoms with van der Waals surface area (Å²) in [6.45, 7) is 13.9. The van der Waals surface area contributed by atoms with Crippen LogP contribution in [0, 0.1) is 5.92 Å². The van der Waals surface area contributed by atoms with E-state index < -0.39 is 11.0 Å². The summed E-state index contributed by atoms with van der Waals surface area (Å²) in [4.78, 5) is 12.0. The van der Waals surface area contributed by atoms with Crippen LogP contribution < -0.4 is 4.72 Å². The first kappa shape index (κ1) is 21.8. The smallest absolute Gasteiger partial charge is 0.338 e. The molecule has 0 radical (unpaired) electrons. The second-order valence-corrected chi connectivity index (χ2v) is 10.1. The number of nitrogens with one attached hydrogen (secondary N) is 1. The fraction of sp³-hybridized carbons (Fsp3) is 0.650. The lowest BCUT2D eigenvalue weighted by Crippen LogP contribution is -2.36. The van der Waals surface area contributed by atoms with Crippen molar-refractivity contribution in [1.29, 1.82) is 0 Å². The summed E-state index contributed by atoms with van der Waals surface area (Å²) >= 11 is 0. The van der Waals surface area contributed by atoms with E-state index in [0.29, 0.717) is 11.5 Å². The van der Waals surface area contributed by atoms with Crippen LogP contribution in [0.1, 0.15) is 83.3 Å². The lowest BCUT2D eigenvalue weighted by molar-refractivity contribution is 0.0378. The van der Waals surface area contributed by atoms with Crippen molar-refractivity contribution in [3.63, 3.8) is 0 Å². The van der Waals surface area contributed by atoms with Crippen LogP contribution >= 0.6 is 0 Å². The topological polar surface area (TPSA) is 55.4 Å². The molecular formula is C20H33NO3S. The van der Waals surface area contributed by atoms with Crippen LogP contribution in [0.5, 0.6) is 0 Å². The highest BCUT2D eigenvalue weighted by Crippen LogP contribution is 2.24. The first-order valence-corrected chi connectivity index (χ1v) is 10.1. The number of ether oxygens (including phenoxy) is 1. The summed E-state index contributed by atoms with van der Waals surface area (Å²) in [5, 5.41) is 0. The van der Waals surface area contributed by atoms with Crippen LogP contribution in [-0.2, 0) is 15.7 Å². The van der Waals surface area contributed by atoms with Gasteiger partial charge in [-0.2, -0.15) is 0 Å². The predicted octanol–water partition coefficient (Wildman–Crippen LogP) is 4.78. The van der Waals surface area contributed by atoms with Gasteiger partial charge in [0, 0.05) is 6.04 Å². The number of rotatable bonds is 8. The normalized spacial score (nSPS) is 14.6. The molecule has 0 unspecified atom stereocenters. The van der Waals surface area contributed by atoms with Gasteiger partial charge in [-0.15, -0.1) is 0 Å². The van der Waals surface area contributed by atoms with Crippen molar-refractivity contribution >= 4 is 17.0 Å². The van der Waals surface area contributed by atoms with Gasteiger partial charge >= 0.3 is 5.97 Å². The Hall–Kier alpha value is -1.20. The van der Waals surface area contributed by atoms with Gasteiger partial charge in [0.1, 0.15) is 0 Å². The van der Waals surface area contributed by atoms with Gasteiger partial charge in [-0.3, -0.25) is 0 Å². The van der Waals surface area contributed by atoms with E-state index in [1.54, 1.807) is 12.1 Å². The molecule has 1 aromatic carbocycles. The Morgan fingerprint density at radius 3 is 2.08 bits per heavy atom. The highest BCUT2D eigenvalue weighted by molar-refractivity contribution is 7.84. The Morgan fingerprint density at radius 2 is 1.64 bits per heavy atom. The first-order valence-electron chi connectivity index (χ1n) is 8.99. The van der Waals surface area contributed by atoms with Gasteiger partial charge < -0.3 is 4.74 Å². The number of hydrogen-bond acceptors (Lipinski definition) is 3. The minimum atomic E-state index is -1.15. The minimum absolute atomic E-state index is 0.00220. The zero-order valence-corrected chi connectivity index (χ0v) is 17.4. The molecule has 0 bridgehead atoms. The summed E-state index contributed by atoms with van der Waals surface area (Å²) in [7, 11) is -1.15. The third-order valence-electron chi connectivity index (χ3n) is 3.73. The molecule has 4 nitrogen and oxygen atoms in total. The molecule has 0 fully saturated rings. The summed E-state index contributed by atoms with van der Waals surface area (Å²) < 4.78 is 20.7. The molecule has 0 aliphatic carbocycles. The molecular weight excluding hydrogens is 334 g/mol. The molecule has 5 heteroatoms. The predicted molar refractivity (Wildman–Crippen MR) is 105 cm³/mol. The summed E-state index contributed by atoms with van der Waals surface area (Å²) in [6, 6.07) is 7.41. The largest absolute Gasteiger partial charge is 0.459 e. The van der Waals surface area contributed by atoms with E-state index in [1.807, 2.05) is 46.8 Å². The first-order chi connectivity index (χ1) is 11.5. The van der Waals surface area contributed by atoms with E-state index >= 15 is 0 Å². The Balaban J connectivity index is 2.93. The molecule has 2 atom stereocenters.